The van der Waals surface area contributed by atoms with E-state index in [1.807, 2.05) is 23.9 Å². The van der Waals surface area contributed by atoms with E-state index in [2.05, 4.69) is 47.6 Å². The molecule has 0 radical (unpaired) electrons. The van der Waals surface area contributed by atoms with Gasteiger partial charge < -0.3 is 15.0 Å². The number of rotatable bonds is 3. The second kappa shape index (κ2) is 6.10. The van der Waals surface area contributed by atoms with Gasteiger partial charge in [0.2, 0.25) is 0 Å². The Kier molecular flexibility index (Phi) is 3.95. The van der Waals surface area contributed by atoms with Crippen molar-refractivity contribution in [3.63, 3.8) is 0 Å². The van der Waals surface area contributed by atoms with Crippen molar-refractivity contribution in [3.05, 3.63) is 48.0 Å². The Hall–Kier alpha value is -1.65. The van der Waals surface area contributed by atoms with Gasteiger partial charge in [-0.1, -0.05) is 23.9 Å². The van der Waals surface area contributed by atoms with E-state index in [9.17, 15) is 0 Å². The van der Waals surface area contributed by atoms with Gasteiger partial charge in [0.15, 0.2) is 0 Å². The number of hydrogen-bond acceptors (Lipinski definition) is 4. The van der Waals surface area contributed by atoms with Gasteiger partial charge in [-0.2, -0.15) is 0 Å². The summed E-state index contributed by atoms with van der Waals surface area (Å²) in [7, 11) is 3.93. The van der Waals surface area contributed by atoms with Crippen LogP contribution in [0.4, 0.5) is 5.69 Å². The molecule has 0 bridgehead atoms. The number of methoxy groups -OCH3 is 1. The van der Waals surface area contributed by atoms with Crippen LogP contribution in [0.5, 0.6) is 5.75 Å². The third-order valence-electron chi connectivity index (χ3n) is 4.89. The number of para-hydroxylation sites is 1. The molecular formula is C19H22N2OS. The summed E-state index contributed by atoms with van der Waals surface area (Å²) < 4.78 is 5.24. The van der Waals surface area contributed by atoms with Crippen LogP contribution in [0.1, 0.15) is 17.9 Å². The quantitative estimate of drug-likeness (QED) is 0.919. The van der Waals surface area contributed by atoms with Gasteiger partial charge in [-0.25, -0.2) is 0 Å². The molecule has 2 aromatic carbocycles. The third kappa shape index (κ3) is 2.81. The topological polar surface area (TPSA) is 24.5 Å². The summed E-state index contributed by atoms with van der Waals surface area (Å²) in [6.45, 7) is 2.34. The van der Waals surface area contributed by atoms with Gasteiger partial charge in [-0.05, 0) is 55.9 Å². The summed E-state index contributed by atoms with van der Waals surface area (Å²) in [6, 6.07) is 15.6. The van der Waals surface area contributed by atoms with Crippen LogP contribution in [-0.4, -0.2) is 38.2 Å². The van der Waals surface area contributed by atoms with Gasteiger partial charge >= 0.3 is 0 Å². The molecule has 0 spiro atoms. The largest absolute Gasteiger partial charge is 0.497 e. The fraction of sp³-hybridized carbons (Fsp3) is 0.368. The Balaban J connectivity index is 1.61. The van der Waals surface area contributed by atoms with Crippen molar-refractivity contribution in [3.8, 4) is 5.75 Å². The van der Waals surface area contributed by atoms with Gasteiger partial charge in [0.25, 0.3) is 0 Å². The van der Waals surface area contributed by atoms with Crippen molar-refractivity contribution in [2.75, 3.05) is 32.6 Å². The molecule has 4 heteroatoms. The number of fused-ring (bicyclic) bond motifs is 3. The van der Waals surface area contributed by atoms with Gasteiger partial charge in [-0.3, -0.25) is 0 Å². The average Bonchev–Trinajstić information content (AvgIpc) is 2.95. The van der Waals surface area contributed by atoms with Crippen LogP contribution in [0.25, 0.3) is 0 Å². The zero-order chi connectivity index (χ0) is 15.8. The predicted molar refractivity (Wildman–Crippen MR) is 95.8 cm³/mol. The second-order valence-electron chi connectivity index (χ2n) is 6.41. The van der Waals surface area contributed by atoms with Crippen molar-refractivity contribution < 1.29 is 4.74 Å². The number of benzene rings is 2. The molecule has 2 aliphatic heterocycles. The first-order chi connectivity index (χ1) is 11.2. The molecule has 0 unspecified atom stereocenters. The van der Waals surface area contributed by atoms with E-state index in [4.69, 9.17) is 4.74 Å². The number of hydrogen-bond donors (Lipinski definition) is 1. The van der Waals surface area contributed by atoms with Crippen LogP contribution < -0.4 is 10.1 Å². The summed E-state index contributed by atoms with van der Waals surface area (Å²) in [5, 5.41) is 3.80. The van der Waals surface area contributed by atoms with Gasteiger partial charge in [0, 0.05) is 28.3 Å². The minimum absolute atomic E-state index is 0.596. The highest BCUT2D eigenvalue weighted by molar-refractivity contribution is 7.99. The number of likely N-dealkylation sites (N-methyl/N-ethyl adjacent to an activating group) is 1. The molecule has 2 atom stereocenters. The van der Waals surface area contributed by atoms with E-state index in [-0.39, 0.29) is 0 Å². The Morgan fingerprint density at radius 2 is 2.00 bits per heavy atom. The number of likely N-dealkylation sites (tertiary alicyclic amines) is 1. The maximum Gasteiger partial charge on any atom is 0.118 e. The molecule has 2 aromatic rings. The molecule has 2 heterocycles. The van der Waals surface area contributed by atoms with Crippen molar-refractivity contribution in [2.24, 2.45) is 0 Å². The molecule has 0 amide bonds. The van der Waals surface area contributed by atoms with E-state index in [1.54, 1.807) is 7.11 Å². The fourth-order valence-corrected chi connectivity index (χ4v) is 4.61. The Labute approximate surface area is 142 Å². The minimum atomic E-state index is 0.596. The van der Waals surface area contributed by atoms with E-state index >= 15 is 0 Å². The Morgan fingerprint density at radius 1 is 1.17 bits per heavy atom. The van der Waals surface area contributed by atoms with Crippen LogP contribution in [0.15, 0.2) is 52.3 Å². The summed E-state index contributed by atoms with van der Waals surface area (Å²) >= 11 is 1.83. The first kappa shape index (κ1) is 14.9. The number of ether oxygens (including phenoxy) is 1. The van der Waals surface area contributed by atoms with E-state index in [1.165, 1.54) is 34.0 Å². The zero-order valence-corrected chi connectivity index (χ0v) is 14.4. The highest BCUT2D eigenvalue weighted by Crippen LogP contribution is 2.46. The SMILES string of the molecule is COc1ccc(Sc2cccc3c2N[C@H]2CCN(C)C[C@H]32)cc1. The predicted octanol–water partition coefficient (Wildman–Crippen LogP) is 4.06. The molecule has 1 N–H and O–H groups in total. The average molecular weight is 326 g/mol. The smallest absolute Gasteiger partial charge is 0.118 e. The van der Waals surface area contributed by atoms with Crippen molar-refractivity contribution in [1.82, 2.24) is 4.90 Å². The standard InChI is InChI=1S/C19H22N2OS/c1-21-11-10-17-16(12-21)15-4-3-5-18(19(15)20-17)23-14-8-6-13(22-2)7-9-14/h3-9,16-17,20H,10-12H2,1-2H3/t16-,17+/m1/s1. The Morgan fingerprint density at radius 3 is 2.78 bits per heavy atom. The molecule has 120 valence electrons. The maximum atomic E-state index is 5.24. The van der Waals surface area contributed by atoms with Gasteiger partial charge in [-0.15, -0.1) is 0 Å². The third-order valence-corrected chi connectivity index (χ3v) is 5.96. The molecule has 4 rings (SSSR count). The van der Waals surface area contributed by atoms with Crippen LogP contribution in [0.3, 0.4) is 0 Å². The summed E-state index contributed by atoms with van der Waals surface area (Å²) in [6.07, 6.45) is 1.22. The van der Waals surface area contributed by atoms with Crippen molar-refractivity contribution in [1.29, 1.82) is 0 Å². The minimum Gasteiger partial charge on any atom is -0.497 e. The van der Waals surface area contributed by atoms with Crippen LogP contribution >= 0.6 is 11.8 Å². The monoisotopic (exact) mass is 326 g/mol. The first-order valence-corrected chi connectivity index (χ1v) is 8.96. The second-order valence-corrected chi connectivity index (χ2v) is 7.52. The maximum absolute atomic E-state index is 5.24. The molecule has 3 nitrogen and oxygen atoms in total. The summed E-state index contributed by atoms with van der Waals surface area (Å²) in [5.41, 5.74) is 2.83. The fourth-order valence-electron chi connectivity index (χ4n) is 3.66. The van der Waals surface area contributed by atoms with E-state index in [0.717, 1.165) is 12.3 Å². The lowest BCUT2D eigenvalue weighted by atomic mass is 9.90. The van der Waals surface area contributed by atoms with E-state index < -0.39 is 0 Å². The Bertz CT molecular complexity index is 701. The summed E-state index contributed by atoms with van der Waals surface area (Å²) in [5.74, 6) is 1.53. The van der Waals surface area contributed by atoms with Crippen molar-refractivity contribution in [2.45, 2.75) is 28.2 Å². The van der Waals surface area contributed by atoms with Gasteiger partial charge in [0.05, 0.1) is 12.8 Å². The molecular weight excluding hydrogens is 304 g/mol. The van der Waals surface area contributed by atoms with E-state index in [0.29, 0.717) is 12.0 Å². The molecule has 0 aliphatic carbocycles. The number of piperidine rings is 1. The first-order valence-electron chi connectivity index (χ1n) is 8.14. The molecule has 1 saturated heterocycles. The van der Waals surface area contributed by atoms with Crippen LogP contribution in [-0.2, 0) is 0 Å². The summed E-state index contributed by atoms with van der Waals surface area (Å²) in [4.78, 5) is 5.01. The van der Waals surface area contributed by atoms with Crippen LogP contribution in [0.2, 0.25) is 0 Å². The molecule has 23 heavy (non-hydrogen) atoms. The number of nitrogens with one attached hydrogen (secondary N) is 1. The lowest BCUT2D eigenvalue weighted by Crippen LogP contribution is -2.39. The van der Waals surface area contributed by atoms with Gasteiger partial charge in [0.1, 0.15) is 5.75 Å². The number of anilines is 1. The highest BCUT2D eigenvalue weighted by atomic mass is 32.2. The molecule has 0 saturated carbocycles. The molecule has 0 aromatic heterocycles. The van der Waals surface area contributed by atoms with Crippen molar-refractivity contribution >= 4 is 17.4 Å². The lowest BCUT2D eigenvalue weighted by molar-refractivity contribution is 0.243. The normalized spacial score (nSPS) is 23.0. The van der Waals surface area contributed by atoms with Crippen LogP contribution in [0, 0.1) is 0 Å². The zero-order valence-electron chi connectivity index (χ0n) is 13.6. The highest BCUT2D eigenvalue weighted by Gasteiger charge is 2.36. The number of nitrogens with zero attached hydrogens (tertiary/aromatic N) is 1. The molecule has 2 aliphatic rings. The lowest BCUT2D eigenvalue weighted by Gasteiger charge is -2.32. The molecule has 1 fully saturated rings.